The van der Waals surface area contributed by atoms with E-state index in [0.29, 0.717) is 0 Å². The second-order valence-corrected chi connectivity index (χ2v) is 7.65. The molecule has 2 aromatic rings. The Balaban J connectivity index is 1.85. The summed E-state index contributed by atoms with van der Waals surface area (Å²) in [7, 11) is 0. The molecule has 2 aromatic carbocycles. The number of benzene rings is 2. The summed E-state index contributed by atoms with van der Waals surface area (Å²) in [4.78, 5) is 3.34. The normalized spacial score (nSPS) is 24.5. The van der Waals surface area contributed by atoms with E-state index in [1.54, 1.807) is 0 Å². The third kappa shape index (κ3) is 1.43. The molecule has 2 heterocycles. The van der Waals surface area contributed by atoms with E-state index in [2.05, 4.69) is 59.5 Å². The van der Waals surface area contributed by atoms with Gasteiger partial charge in [-0.25, -0.2) is 0 Å². The number of hydrogen-bond donors (Lipinski definition) is 0. The first-order chi connectivity index (χ1) is 10.8. The van der Waals surface area contributed by atoms with Gasteiger partial charge in [0.25, 0.3) is 0 Å². The molecule has 0 aromatic heterocycles. The highest BCUT2D eigenvalue weighted by molar-refractivity contribution is 8.00. The second-order valence-electron chi connectivity index (χ2n) is 5.98. The second kappa shape index (κ2) is 4.46. The zero-order valence-corrected chi connectivity index (χ0v) is 13.7. The molecule has 0 radical (unpaired) electrons. The number of thioether (sulfide) groups is 1. The number of rotatable bonds is 1. The van der Waals surface area contributed by atoms with Gasteiger partial charge >= 0.3 is 0 Å². The van der Waals surface area contributed by atoms with Crippen molar-refractivity contribution in [3.8, 4) is 0 Å². The Morgan fingerprint density at radius 2 is 1.91 bits per heavy atom. The SMILES string of the molecule is S=C1c2ccccc2C2(c3cccc4c3C=CC4)SCCN12. The number of nitrogens with zero attached hydrogens (tertiary/aromatic N) is 1. The molecule has 0 amide bonds. The lowest BCUT2D eigenvalue weighted by Gasteiger charge is -2.35. The topological polar surface area (TPSA) is 3.24 Å². The van der Waals surface area contributed by atoms with Gasteiger partial charge < -0.3 is 4.90 Å². The van der Waals surface area contributed by atoms with Crippen LogP contribution >= 0.6 is 24.0 Å². The minimum absolute atomic E-state index is 0.117. The maximum atomic E-state index is 5.81. The zero-order valence-electron chi connectivity index (χ0n) is 12.1. The molecular weight excluding hydrogens is 306 g/mol. The molecule has 1 nitrogen and oxygen atoms in total. The smallest absolute Gasteiger partial charge is 0.140 e. The number of allylic oxidation sites excluding steroid dienone is 1. The van der Waals surface area contributed by atoms with Crippen molar-refractivity contribution in [2.24, 2.45) is 0 Å². The van der Waals surface area contributed by atoms with Crippen molar-refractivity contribution in [2.45, 2.75) is 11.3 Å². The molecule has 1 saturated heterocycles. The van der Waals surface area contributed by atoms with E-state index >= 15 is 0 Å². The molecule has 1 atom stereocenters. The van der Waals surface area contributed by atoms with E-state index in [4.69, 9.17) is 12.2 Å². The number of hydrogen-bond acceptors (Lipinski definition) is 2. The van der Waals surface area contributed by atoms with Crippen molar-refractivity contribution in [3.05, 3.63) is 76.4 Å². The summed E-state index contributed by atoms with van der Waals surface area (Å²) in [5, 5.41) is 0. The van der Waals surface area contributed by atoms with Gasteiger partial charge in [0.05, 0.1) is 0 Å². The quantitative estimate of drug-likeness (QED) is 0.725. The molecule has 0 saturated carbocycles. The molecule has 2 aliphatic heterocycles. The Morgan fingerprint density at radius 3 is 2.86 bits per heavy atom. The van der Waals surface area contributed by atoms with Gasteiger partial charge in [0.1, 0.15) is 9.86 Å². The molecular formula is C19H15NS2. The Labute approximate surface area is 140 Å². The predicted molar refractivity (Wildman–Crippen MR) is 97.3 cm³/mol. The highest BCUT2D eigenvalue weighted by atomic mass is 32.2. The van der Waals surface area contributed by atoms with Crippen LogP contribution < -0.4 is 0 Å². The summed E-state index contributed by atoms with van der Waals surface area (Å²) in [5.74, 6) is 1.13. The van der Waals surface area contributed by atoms with Gasteiger partial charge in [-0.1, -0.05) is 66.8 Å². The monoisotopic (exact) mass is 321 g/mol. The fourth-order valence-corrected chi connectivity index (χ4v) is 6.09. The Bertz CT molecular complexity index is 839. The van der Waals surface area contributed by atoms with Crippen LogP contribution in [-0.2, 0) is 11.3 Å². The third-order valence-electron chi connectivity index (χ3n) is 4.96. The summed E-state index contributed by atoms with van der Waals surface area (Å²) >= 11 is 7.84. The molecule has 5 rings (SSSR count). The summed E-state index contributed by atoms with van der Waals surface area (Å²) in [6.07, 6.45) is 5.62. The molecule has 108 valence electrons. The van der Waals surface area contributed by atoms with Crippen molar-refractivity contribution in [1.82, 2.24) is 4.90 Å². The van der Waals surface area contributed by atoms with Crippen LogP contribution in [0.15, 0.2) is 48.5 Å². The van der Waals surface area contributed by atoms with Gasteiger partial charge in [-0.05, 0) is 23.1 Å². The first kappa shape index (κ1) is 12.9. The Hall–Kier alpha value is -1.58. The van der Waals surface area contributed by atoms with E-state index in [0.717, 1.165) is 23.7 Å². The lowest BCUT2D eigenvalue weighted by atomic mass is 9.91. The maximum Gasteiger partial charge on any atom is 0.140 e. The molecule has 22 heavy (non-hydrogen) atoms. The van der Waals surface area contributed by atoms with Gasteiger partial charge in [0.2, 0.25) is 0 Å². The van der Waals surface area contributed by atoms with E-state index in [9.17, 15) is 0 Å². The largest absolute Gasteiger partial charge is 0.339 e. The predicted octanol–water partition coefficient (Wildman–Crippen LogP) is 4.19. The Morgan fingerprint density at radius 1 is 1.05 bits per heavy atom. The van der Waals surface area contributed by atoms with Crippen molar-refractivity contribution < 1.29 is 0 Å². The summed E-state index contributed by atoms with van der Waals surface area (Å²) in [5.41, 5.74) is 6.87. The molecule has 1 aliphatic carbocycles. The highest BCUT2D eigenvalue weighted by Crippen LogP contribution is 2.56. The van der Waals surface area contributed by atoms with Crippen LogP contribution in [0.1, 0.15) is 27.8 Å². The lowest BCUT2D eigenvalue weighted by molar-refractivity contribution is 0.386. The highest BCUT2D eigenvalue weighted by Gasteiger charge is 2.53. The number of fused-ring (bicyclic) bond motifs is 4. The van der Waals surface area contributed by atoms with Crippen LogP contribution in [0, 0.1) is 0 Å². The molecule has 0 spiro atoms. The standard InChI is InChI=1S/C19H15NS2/c21-18-15-7-1-2-9-17(15)19(20(18)11-12-22-19)16-10-4-6-13-5-3-8-14(13)16/h1-4,6-10H,5,11-12H2. The van der Waals surface area contributed by atoms with Gasteiger partial charge in [-0.2, -0.15) is 0 Å². The first-order valence-electron chi connectivity index (χ1n) is 7.67. The average Bonchev–Trinajstić information content (AvgIpc) is 3.24. The first-order valence-corrected chi connectivity index (χ1v) is 9.06. The lowest BCUT2D eigenvalue weighted by Crippen LogP contribution is -2.37. The summed E-state index contributed by atoms with van der Waals surface area (Å²) < 4.78 is 0. The average molecular weight is 321 g/mol. The molecule has 3 aliphatic rings. The van der Waals surface area contributed by atoms with Crippen LogP contribution in [0.5, 0.6) is 0 Å². The fourth-order valence-electron chi connectivity index (χ4n) is 4.05. The van der Waals surface area contributed by atoms with Crippen molar-refractivity contribution in [2.75, 3.05) is 12.3 Å². The van der Waals surface area contributed by atoms with Gasteiger partial charge in [0, 0.05) is 23.4 Å². The van der Waals surface area contributed by atoms with Crippen molar-refractivity contribution in [1.29, 1.82) is 0 Å². The van der Waals surface area contributed by atoms with Crippen LogP contribution in [-0.4, -0.2) is 22.2 Å². The van der Waals surface area contributed by atoms with Crippen LogP contribution in [0.3, 0.4) is 0 Å². The van der Waals surface area contributed by atoms with Gasteiger partial charge in [0.15, 0.2) is 0 Å². The number of thiocarbonyl (C=S) groups is 1. The molecule has 0 bridgehead atoms. The van der Waals surface area contributed by atoms with Crippen molar-refractivity contribution >= 4 is 35.0 Å². The van der Waals surface area contributed by atoms with E-state index in [1.165, 1.54) is 27.8 Å². The molecule has 1 fully saturated rings. The minimum atomic E-state index is -0.117. The molecule has 3 heteroatoms. The third-order valence-corrected chi connectivity index (χ3v) is 6.86. The Kier molecular flexibility index (Phi) is 2.62. The fraction of sp³-hybridized carbons (Fsp3) is 0.211. The molecule has 0 N–H and O–H groups in total. The minimum Gasteiger partial charge on any atom is -0.339 e. The summed E-state index contributed by atoms with van der Waals surface area (Å²) in [6.45, 7) is 1.03. The van der Waals surface area contributed by atoms with E-state index in [1.807, 2.05) is 11.8 Å². The zero-order chi connectivity index (χ0) is 14.7. The van der Waals surface area contributed by atoms with Crippen LogP contribution in [0.2, 0.25) is 0 Å². The summed E-state index contributed by atoms with van der Waals surface area (Å²) in [6, 6.07) is 15.4. The van der Waals surface area contributed by atoms with Gasteiger partial charge in [-0.3, -0.25) is 0 Å². The van der Waals surface area contributed by atoms with Gasteiger partial charge in [-0.15, -0.1) is 11.8 Å². The van der Waals surface area contributed by atoms with Crippen molar-refractivity contribution in [3.63, 3.8) is 0 Å². The van der Waals surface area contributed by atoms with Crippen LogP contribution in [0.4, 0.5) is 0 Å². The van der Waals surface area contributed by atoms with E-state index in [-0.39, 0.29) is 4.87 Å². The van der Waals surface area contributed by atoms with Crippen LogP contribution in [0.25, 0.3) is 6.08 Å². The molecule has 1 unspecified atom stereocenters. The van der Waals surface area contributed by atoms with E-state index < -0.39 is 0 Å². The maximum absolute atomic E-state index is 5.81.